The third-order valence-electron chi connectivity index (χ3n) is 5.91. The van der Waals surface area contributed by atoms with Crippen LogP contribution in [0.4, 0.5) is 5.69 Å². The summed E-state index contributed by atoms with van der Waals surface area (Å²) in [5.74, 6) is 0.895. The molecule has 1 aromatic heterocycles. The van der Waals surface area contributed by atoms with Gasteiger partial charge in [0.1, 0.15) is 0 Å². The molecule has 2 N–H and O–H groups in total. The quantitative estimate of drug-likeness (QED) is 0.889. The predicted octanol–water partition coefficient (Wildman–Crippen LogP) is 2.27. The number of nitrogens with zero attached hydrogens (tertiary/aromatic N) is 3. The minimum Gasteiger partial charge on any atom is -0.385 e. The summed E-state index contributed by atoms with van der Waals surface area (Å²) in [6.45, 7) is 4.52. The number of aromatic amines is 1. The minimum absolute atomic E-state index is 0.722. The monoisotopic (exact) mass is 311 g/mol. The van der Waals surface area contributed by atoms with Gasteiger partial charge in [-0.15, -0.1) is 0 Å². The molecule has 3 aliphatic rings. The number of likely N-dealkylation sites (tertiary alicyclic amines) is 2. The van der Waals surface area contributed by atoms with Crippen LogP contribution in [-0.2, 0) is 6.54 Å². The van der Waals surface area contributed by atoms with Crippen LogP contribution in [0.3, 0.4) is 0 Å². The second-order valence-electron chi connectivity index (χ2n) is 7.67. The number of aromatic nitrogens is 2. The Kier molecular flexibility index (Phi) is 3.13. The lowest BCUT2D eigenvalue weighted by atomic mass is 10.1. The van der Waals surface area contributed by atoms with E-state index < -0.39 is 0 Å². The average Bonchev–Trinajstić information content (AvgIpc) is 3.03. The van der Waals surface area contributed by atoms with Crippen LogP contribution < -0.4 is 5.32 Å². The molecule has 0 spiro atoms. The lowest BCUT2D eigenvalue weighted by Crippen LogP contribution is -2.44. The fraction of sp³-hybridized carbons (Fsp3) is 0.611. The average molecular weight is 311 g/mol. The van der Waals surface area contributed by atoms with Crippen molar-refractivity contribution in [1.82, 2.24) is 20.0 Å². The van der Waals surface area contributed by atoms with Gasteiger partial charge in [-0.25, -0.2) is 0 Å². The van der Waals surface area contributed by atoms with Crippen LogP contribution in [0.15, 0.2) is 18.2 Å². The van der Waals surface area contributed by atoms with Gasteiger partial charge in [0, 0.05) is 49.3 Å². The van der Waals surface area contributed by atoms with Crippen LogP contribution in [0, 0.1) is 5.92 Å². The van der Waals surface area contributed by atoms with Crippen molar-refractivity contribution < 1.29 is 0 Å². The molecule has 2 atom stereocenters. The number of hydrogen-bond donors (Lipinski definition) is 2. The van der Waals surface area contributed by atoms with E-state index in [-0.39, 0.29) is 0 Å². The first-order chi connectivity index (χ1) is 11.3. The summed E-state index contributed by atoms with van der Waals surface area (Å²) >= 11 is 0. The highest BCUT2D eigenvalue weighted by molar-refractivity contribution is 5.84. The third-order valence-corrected chi connectivity index (χ3v) is 5.91. The van der Waals surface area contributed by atoms with Gasteiger partial charge in [-0.05, 0) is 50.4 Å². The van der Waals surface area contributed by atoms with Crippen LogP contribution in [0.5, 0.6) is 0 Å². The molecular formula is C18H25N5. The van der Waals surface area contributed by atoms with Crippen LogP contribution in [0.1, 0.15) is 25.0 Å². The van der Waals surface area contributed by atoms with E-state index in [1.54, 1.807) is 0 Å². The first-order valence-corrected chi connectivity index (χ1v) is 8.91. The van der Waals surface area contributed by atoms with Gasteiger partial charge in [0.25, 0.3) is 0 Å². The molecule has 2 aliphatic heterocycles. The topological polar surface area (TPSA) is 47.2 Å². The molecule has 23 heavy (non-hydrogen) atoms. The minimum atomic E-state index is 0.722. The van der Waals surface area contributed by atoms with Crippen molar-refractivity contribution >= 4 is 16.6 Å². The zero-order valence-electron chi connectivity index (χ0n) is 13.8. The summed E-state index contributed by atoms with van der Waals surface area (Å²) in [7, 11) is 2.26. The van der Waals surface area contributed by atoms with Gasteiger partial charge < -0.3 is 10.2 Å². The zero-order chi connectivity index (χ0) is 15.4. The van der Waals surface area contributed by atoms with Gasteiger partial charge in [-0.2, -0.15) is 5.10 Å². The van der Waals surface area contributed by atoms with Crippen LogP contribution in [-0.4, -0.2) is 58.8 Å². The fourth-order valence-electron chi connectivity index (χ4n) is 4.22. The lowest BCUT2D eigenvalue weighted by molar-refractivity contribution is 0.142. The summed E-state index contributed by atoms with van der Waals surface area (Å²) in [6, 6.07) is 8.04. The first kappa shape index (κ1) is 13.8. The van der Waals surface area contributed by atoms with E-state index in [4.69, 9.17) is 0 Å². The van der Waals surface area contributed by atoms with Gasteiger partial charge in [-0.3, -0.25) is 10.00 Å². The zero-order valence-corrected chi connectivity index (χ0v) is 13.8. The van der Waals surface area contributed by atoms with Gasteiger partial charge >= 0.3 is 0 Å². The van der Waals surface area contributed by atoms with E-state index in [9.17, 15) is 0 Å². The number of fused-ring (bicyclic) bond motifs is 3. The van der Waals surface area contributed by atoms with Crippen LogP contribution in [0.25, 0.3) is 10.9 Å². The van der Waals surface area contributed by atoms with Gasteiger partial charge in [0.15, 0.2) is 0 Å². The molecular weight excluding hydrogens is 286 g/mol. The van der Waals surface area contributed by atoms with E-state index in [2.05, 4.69) is 50.6 Å². The highest BCUT2D eigenvalue weighted by Crippen LogP contribution is 2.32. The Balaban J connectivity index is 1.35. The largest absolute Gasteiger partial charge is 0.385 e. The number of likely N-dealkylation sites (N-methyl/N-ethyl adjacent to an activating group) is 1. The number of rotatable bonds is 5. The number of anilines is 1. The Hall–Kier alpha value is -1.59. The lowest BCUT2D eigenvalue weighted by Gasteiger charge is -2.31. The smallest absolute Gasteiger partial charge is 0.0925 e. The maximum atomic E-state index is 4.50. The van der Waals surface area contributed by atoms with Crippen molar-refractivity contribution in [3.8, 4) is 0 Å². The van der Waals surface area contributed by atoms with Gasteiger partial charge in [0.05, 0.1) is 11.2 Å². The number of benzene rings is 1. The van der Waals surface area contributed by atoms with Crippen molar-refractivity contribution in [3.63, 3.8) is 0 Å². The summed E-state index contributed by atoms with van der Waals surface area (Å²) in [5.41, 5.74) is 3.58. The molecule has 0 unspecified atom stereocenters. The molecule has 2 saturated heterocycles. The molecule has 2 aromatic rings. The second kappa shape index (κ2) is 5.21. The van der Waals surface area contributed by atoms with Gasteiger partial charge in [-0.1, -0.05) is 0 Å². The normalized spacial score (nSPS) is 28.0. The van der Waals surface area contributed by atoms with E-state index in [1.807, 2.05) is 0 Å². The molecule has 122 valence electrons. The van der Waals surface area contributed by atoms with Gasteiger partial charge in [0.2, 0.25) is 0 Å². The molecule has 3 fully saturated rings. The molecule has 2 bridgehead atoms. The SMILES string of the molecule is CN1C[C@@H]2C[C@H]1CN2Cc1[nH]nc2ccc(NCC3CC3)cc12. The molecule has 1 aromatic carbocycles. The second-order valence-corrected chi connectivity index (χ2v) is 7.67. The number of piperazine rings is 1. The molecule has 0 amide bonds. The Labute approximate surface area is 137 Å². The number of H-pyrrole nitrogens is 1. The van der Waals surface area contributed by atoms with Crippen LogP contribution in [0.2, 0.25) is 0 Å². The maximum absolute atomic E-state index is 4.50. The summed E-state index contributed by atoms with van der Waals surface area (Å²) in [4.78, 5) is 5.13. The van der Waals surface area contributed by atoms with E-state index in [0.717, 1.165) is 36.6 Å². The molecule has 5 heteroatoms. The van der Waals surface area contributed by atoms with E-state index in [0.29, 0.717) is 0 Å². The summed E-state index contributed by atoms with van der Waals surface area (Å²) in [6.07, 6.45) is 4.10. The molecule has 5 rings (SSSR count). The third kappa shape index (κ3) is 2.52. The van der Waals surface area contributed by atoms with Crippen molar-refractivity contribution in [3.05, 3.63) is 23.9 Å². The molecule has 1 saturated carbocycles. The fourth-order valence-corrected chi connectivity index (χ4v) is 4.22. The summed E-state index contributed by atoms with van der Waals surface area (Å²) in [5, 5.41) is 12.6. The summed E-state index contributed by atoms with van der Waals surface area (Å²) < 4.78 is 0. The predicted molar refractivity (Wildman–Crippen MR) is 92.5 cm³/mol. The maximum Gasteiger partial charge on any atom is 0.0925 e. The standard InChI is InChI=1S/C18H25N5/c1-22-9-15-7-14(22)10-23(15)11-18-16-6-13(19-8-12-2-3-12)4-5-17(16)20-21-18/h4-6,12,14-15,19H,2-3,7-11H2,1H3,(H,20,21)/t14-,15-/m0/s1. The Morgan fingerprint density at radius 3 is 2.91 bits per heavy atom. The van der Waals surface area contributed by atoms with E-state index >= 15 is 0 Å². The molecule has 0 radical (unpaired) electrons. The first-order valence-electron chi connectivity index (χ1n) is 8.91. The highest BCUT2D eigenvalue weighted by atomic mass is 15.3. The number of hydrogen-bond acceptors (Lipinski definition) is 4. The Morgan fingerprint density at radius 1 is 1.26 bits per heavy atom. The Morgan fingerprint density at radius 2 is 2.17 bits per heavy atom. The van der Waals surface area contributed by atoms with Crippen molar-refractivity contribution in [2.75, 3.05) is 32.0 Å². The molecule has 5 nitrogen and oxygen atoms in total. The van der Waals surface area contributed by atoms with Crippen molar-refractivity contribution in [2.24, 2.45) is 5.92 Å². The van der Waals surface area contributed by atoms with E-state index in [1.165, 1.54) is 49.1 Å². The van der Waals surface area contributed by atoms with Crippen molar-refractivity contribution in [2.45, 2.75) is 37.9 Å². The highest BCUT2D eigenvalue weighted by Gasteiger charge is 2.41. The molecule has 1 aliphatic carbocycles. The molecule has 3 heterocycles. The van der Waals surface area contributed by atoms with Crippen molar-refractivity contribution in [1.29, 1.82) is 0 Å². The number of nitrogens with one attached hydrogen (secondary N) is 2. The van der Waals surface area contributed by atoms with Crippen LogP contribution >= 0.6 is 0 Å². The Bertz CT molecular complexity index is 717.